The summed E-state index contributed by atoms with van der Waals surface area (Å²) in [4.78, 5) is 44.5. The Balaban J connectivity index is 1.50. The second-order valence-electron chi connectivity index (χ2n) is 8.43. The van der Waals surface area contributed by atoms with Gasteiger partial charge in [0.25, 0.3) is 5.91 Å². The van der Waals surface area contributed by atoms with E-state index >= 15 is 0 Å². The fraction of sp³-hybridized carbons (Fsp3) is 0.381. The molecule has 36 heavy (non-hydrogen) atoms. The van der Waals surface area contributed by atoms with Crippen molar-refractivity contribution in [2.75, 3.05) is 11.9 Å². The average molecular weight is 503 g/mol. The Bertz CT molecular complexity index is 1450. The Morgan fingerprint density at radius 1 is 1.33 bits per heavy atom. The molecule has 0 spiro atoms. The van der Waals surface area contributed by atoms with Crippen LogP contribution in [0.4, 0.5) is 10.6 Å². The van der Waals surface area contributed by atoms with E-state index < -0.39 is 55.1 Å². The highest BCUT2D eigenvalue weighted by Crippen LogP contribution is 2.42. The number of aliphatic hydroxyl groups excluding tert-OH is 2. The van der Waals surface area contributed by atoms with Crippen molar-refractivity contribution in [2.45, 2.75) is 44.5 Å². The minimum atomic E-state index is -1.82. The van der Waals surface area contributed by atoms with Gasteiger partial charge in [-0.2, -0.15) is 0 Å². The molecule has 5 heterocycles. The molecule has 15 heteroatoms. The van der Waals surface area contributed by atoms with Crippen LogP contribution in [0.1, 0.15) is 30.2 Å². The first kappa shape index (κ1) is 23.7. The minimum Gasteiger partial charge on any atom is -0.441 e. The van der Waals surface area contributed by atoms with Crippen LogP contribution in [-0.2, 0) is 20.9 Å². The normalized spacial score (nSPS) is 25.4. The quantitative estimate of drug-likeness (QED) is 0.298. The Kier molecular flexibility index (Phi) is 5.63. The van der Waals surface area contributed by atoms with E-state index in [2.05, 4.69) is 20.6 Å². The number of alkyl carbamates (subject to hydrolysis) is 1. The molecule has 3 aromatic heterocycles. The van der Waals surface area contributed by atoms with Gasteiger partial charge in [-0.05, 0) is 13.8 Å². The molecule has 2 aliphatic heterocycles. The van der Waals surface area contributed by atoms with E-state index in [9.17, 15) is 29.7 Å². The molecule has 3 aromatic rings. The zero-order valence-corrected chi connectivity index (χ0v) is 18.9. The summed E-state index contributed by atoms with van der Waals surface area (Å²) in [5.41, 5.74) is -1.32. The molecule has 0 radical (unpaired) electrons. The lowest BCUT2D eigenvalue weighted by Crippen LogP contribution is -2.44. The molecule has 4 atom stereocenters. The van der Waals surface area contributed by atoms with Crippen molar-refractivity contribution in [3.63, 3.8) is 0 Å². The van der Waals surface area contributed by atoms with Crippen LogP contribution < -0.4 is 16.5 Å². The van der Waals surface area contributed by atoms with Crippen molar-refractivity contribution in [1.29, 1.82) is 0 Å². The zero-order valence-electron chi connectivity index (χ0n) is 18.9. The summed E-state index contributed by atoms with van der Waals surface area (Å²) in [6.45, 7) is 1.87. The van der Waals surface area contributed by atoms with Gasteiger partial charge in [0, 0.05) is 17.8 Å². The smallest absolute Gasteiger partial charge is 0.441 e. The Morgan fingerprint density at radius 2 is 2.11 bits per heavy atom. The number of aromatic nitrogens is 3. The molecule has 2 amide bonds. The van der Waals surface area contributed by atoms with Crippen molar-refractivity contribution < 1.29 is 43.2 Å². The zero-order chi connectivity index (χ0) is 25.8. The third-order valence-corrected chi connectivity index (χ3v) is 6.01. The van der Waals surface area contributed by atoms with Gasteiger partial charge in [0.1, 0.15) is 35.6 Å². The van der Waals surface area contributed by atoms with E-state index in [1.54, 1.807) is 0 Å². The molecule has 0 saturated carbocycles. The second kappa shape index (κ2) is 8.56. The Morgan fingerprint density at radius 3 is 2.78 bits per heavy atom. The van der Waals surface area contributed by atoms with Crippen LogP contribution >= 0.6 is 0 Å². The molecular formula is C21H21N5O10. The Labute approximate surface area is 200 Å². The maximum absolute atomic E-state index is 12.5. The summed E-state index contributed by atoms with van der Waals surface area (Å²) in [6.07, 6.45) is -0.872. The van der Waals surface area contributed by atoms with E-state index in [4.69, 9.17) is 18.3 Å². The number of carbonyl (C=O) groups excluding carboxylic acids is 2. The first-order valence-corrected chi connectivity index (χ1v) is 10.7. The molecule has 0 aliphatic carbocycles. The van der Waals surface area contributed by atoms with Crippen LogP contribution in [0.5, 0.6) is 0 Å². The highest BCUT2D eigenvalue weighted by atomic mass is 16.6. The van der Waals surface area contributed by atoms with Crippen LogP contribution in [0.3, 0.4) is 0 Å². The molecule has 15 nitrogen and oxygen atoms in total. The van der Waals surface area contributed by atoms with Gasteiger partial charge in [-0.25, -0.2) is 19.6 Å². The number of nitrogens with zero attached hydrogens (tertiary/aromatic N) is 3. The number of nitrogens with one attached hydrogen (secondary N) is 2. The summed E-state index contributed by atoms with van der Waals surface area (Å²) in [7, 11) is 0. The standard InChI is InChI=1S/C21H21N5O10/c1-8-12(36-20(31)34-8)6-33-19(30)24-10-3-13(28)25-16-14-9(10)4-26(17(14)23-7-22-16)18-21(2,32)15(29)11(5-27)35-18/h3-4,7,11,15,18,27,29,32H,5-6H2,1-2H3,(H,24,30)(H,22,23,25,28)/t11-,15-,18-,21?/m1/s1. The lowest BCUT2D eigenvalue weighted by molar-refractivity contribution is -0.111. The molecule has 1 fully saturated rings. The van der Waals surface area contributed by atoms with Gasteiger partial charge < -0.3 is 43.5 Å². The first-order valence-electron chi connectivity index (χ1n) is 10.7. The highest BCUT2D eigenvalue weighted by molar-refractivity contribution is 6.14. The first-order chi connectivity index (χ1) is 17.1. The number of ether oxygens (including phenoxy) is 2. The molecule has 190 valence electrons. The monoisotopic (exact) mass is 503 g/mol. The van der Waals surface area contributed by atoms with Crippen molar-refractivity contribution in [1.82, 2.24) is 19.9 Å². The summed E-state index contributed by atoms with van der Waals surface area (Å²) in [6, 6.07) is 0. The van der Waals surface area contributed by atoms with Crippen molar-refractivity contribution in [2.24, 2.45) is 0 Å². The van der Waals surface area contributed by atoms with E-state index in [0.717, 1.165) is 6.08 Å². The van der Waals surface area contributed by atoms with Gasteiger partial charge in [0.2, 0.25) is 0 Å². The fourth-order valence-corrected chi connectivity index (χ4v) is 4.20. The maximum Gasteiger partial charge on any atom is 0.519 e. The topological polar surface area (TPSA) is 211 Å². The molecular weight excluding hydrogens is 482 g/mol. The summed E-state index contributed by atoms with van der Waals surface area (Å²) < 4.78 is 21.7. The highest BCUT2D eigenvalue weighted by Gasteiger charge is 2.53. The maximum atomic E-state index is 12.5. The van der Waals surface area contributed by atoms with Gasteiger partial charge in [-0.15, -0.1) is 0 Å². The number of hydrogen-bond donors (Lipinski definition) is 5. The number of rotatable bonds is 5. The van der Waals surface area contributed by atoms with Crippen LogP contribution in [0.25, 0.3) is 16.7 Å². The number of aryl methyl sites for hydroxylation is 1. The number of hydrogen-bond acceptors (Lipinski definition) is 12. The van der Waals surface area contributed by atoms with Gasteiger partial charge in [0.05, 0.1) is 17.7 Å². The van der Waals surface area contributed by atoms with Crippen molar-refractivity contribution >= 4 is 34.5 Å². The van der Waals surface area contributed by atoms with E-state index in [1.165, 1.54) is 30.9 Å². The van der Waals surface area contributed by atoms with E-state index in [-0.39, 0.29) is 34.2 Å². The number of amides is 2. The number of aliphatic hydroxyl groups is 3. The lowest BCUT2D eigenvalue weighted by atomic mass is 9.96. The predicted molar refractivity (Wildman–Crippen MR) is 117 cm³/mol. The van der Waals surface area contributed by atoms with Gasteiger partial charge in [-0.3, -0.25) is 10.1 Å². The van der Waals surface area contributed by atoms with E-state index in [0.29, 0.717) is 5.39 Å². The number of anilines is 1. The molecule has 1 unspecified atom stereocenters. The largest absolute Gasteiger partial charge is 0.519 e. The second-order valence-corrected chi connectivity index (χ2v) is 8.43. The third kappa shape index (κ3) is 3.83. The average Bonchev–Trinajstić information content (AvgIpc) is 3.40. The van der Waals surface area contributed by atoms with Gasteiger partial charge in [-0.1, -0.05) is 0 Å². The van der Waals surface area contributed by atoms with Crippen LogP contribution in [0.2, 0.25) is 0 Å². The lowest BCUT2D eigenvalue weighted by Gasteiger charge is -2.27. The van der Waals surface area contributed by atoms with E-state index in [1.807, 2.05) is 0 Å². The van der Waals surface area contributed by atoms with Crippen molar-refractivity contribution in [3.8, 4) is 0 Å². The van der Waals surface area contributed by atoms with Gasteiger partial charge in [0.15, 0.2) is 24.4 Å². The van der Waals surface area contributed by atoms with Crippen LogP contribution in [-0.4, -0.2) is 66.3 Å². The molecule has 1 saturated heterocycles. The molecule has 0 bridgehead atoms. The molecule has 5 rings (SSSR count). The summed E-state index contributed by atoms with van der Waals surface area (Å²) >= 11 is 0. The summed E-state index contributed by atoms with van der Waals surface area (Å²) in [5.74, 6) is -1.23. The Hall–Kier alpha value is -4.05. The van der Waals surface area contributed by atoms with Gasteiger partial charge >= 0.3 is 11.9 Å². The fourth-order valence-electron chi connectivity index (χ4n) is 4.20. The molecule has 5 N–H and O–H groups in total. The summed E-state index contributed by atoms with van der Waals surface area (Å²) in [5, 5.41) is 36.3. The number of carbonyl (C=O) groups is 2. The predicted octanol–water partition coefficient (Wildman–Crippen LogP) is -0.493. The van der Waals surface area contributed by atoms with Crippen LogP contribution in [0.15, 0.2) is 32.2 Å². The van der Waals surface area contributed by atoms with Crippen molar-refractivity contribution in [3.05, 3.63) is 46.3 Å². The molecule has 0 aromatic carbocycles. The SMILES string of the molecule is Cc1oc(=O)oc1COC(=O)NC1=CC(=O)Nc2ncnc3c2c1cn3[C@@H]1O[C@H](CO)[C@@H](O)C1(C)O. The molecule has 2 aliphatic rings. The van der Waals surface area contributed by atoms with Crippen LogP contribution in [0, 0.1) is 6.92 Å². The minimum absolute atomic E-state index is 0.0112. The third-order valence-electron chi connectivity index (χ3n) is 6.01.